The Bertz CT molecular complexity index is 2810. The summed E-state index contributed by atoms with van der Waals surface area (Å²) in [5, 5.41) is 9.39. The number of rotatable bonds is 19. The van der Waals surface area contributed by atoms with Gasteiger partial charge in [0, 0.05) is 47.4 Å². The summed E-state index contributed by atoms with van der Waals surface area (Å²) in [6.07, 6.45) is 15.5. The number of anilines is 3. The second-order valence-corrected chi connectivity index (χ2v) is 20.5. The summed E-state index contributed by atoms with van der Waals surface area (Å²) in [6, 6.07) is 50.5. The number of fused-ring (bicyclic) bond motifs is 6. The third-order valence-corrected chi connectivity index (χ3v) is 16.7. The van der Waals surface area contributed by atoms with Crippen LogP contribution in [0.15, 0.2) is 139 Å². The van der Waals surface area contributed by atoms with Crippen LogP contribution in [-0.2, 0) is 15.6 Å². The molecule has 7 aromatic rings. The lowest BCUT2D eigenvalue weighted by molar-refractivity contribution is -0.132. The first-order chi connectivity index (χ1) is 32.3. The molecule has 0 saturated carbocycles. The molecule has 4 nitrogen and oxygen atoms in total. The molecule has 334 valence electrons. The average molecular weight is 905 g/mol. The van der Waals surface area contributed by atoms with Crippen molar-refractivity contribution < 1.29 is 9.90 Å². The molecule has 2 aliphatic carbocycles. The van der Waals surface area contributed by atoms with Gasteiger partial charge in [0.05, 0.1) is 6.57 Å². The van der Waals surface area contributed by atoms with E-state index in [1.807, 2.05) is 12.1 Å². The summed E-state index contributed by atoms with van der Waals surface area (Å²) < 4.78 is 0. The van der Waals surface area contributed by atoms with Crippen LogP contribution in [0.25, 0.3) is 53.4 Å². The topological polar surface area (TPSA) is 44.9 Å². The molecule has 0 saturated heterocycles. The lowest BCUT2D eigenvalue weighted by Crippen LogP contribution is -2.26. The third-order valence-electron chi connectivity index (χ3n) is 14.4. The van der Waals surface area contributed by atoms with Gasteiger partial charge in [-0.05, 0) is 142 Å². The van der Waals surface area contributed by atoms with E-state index in [-0.39, 0.29) is 16.5 Å². The molecule has 2 aromatic heterocycles. The first kappa shape index (κ1) is 45.2. The first-order valence-electron chi connectivity index (χ1n) is 24.2. The maximum Gasteiger partial charge on any atom is 0.333 e. The highest BCUT2D eigenvalue weighted by atomic mass is 32.1. The summed E-state index contributed by atoms with van der Waals surface area (Å²) in [5.41, 5.74) is 15.9. The fourth-order valence-corrected chi connectivity index (χ4v) is 13.1. The van der Waals surface area contributed by atoms with Gasteiger partial charge in [0.15, 0.2) is 0 Å². The number of carboxylic acids is 1. The van der Waals surface area contributed by atoms with E-state index in [0.29, 0.717) is 0 Å². The van der Waals surface area contributed by atoms with Crippen LogP contribution in [0.4, 0.5) is 17.1 Å². The van der Waals surface area contributed by atoms with Crippen LogP contribution in [0, 0.1) is 6.57 Å². The highest BCUT2D eigenvalue weighted by Crippen LogP contribution is 2.58. The van der Waals surface area contributed by atoms with E-state index in [0.717, 1.165) is 51.6 Å². The molecule has 2 heterocycles. The number of nitrogens with zero attached hydrogens (tertiary/aromatic N) is 2. The van der Waals surface area contributed by atoms with Crippen LogP contribution in [0.5, 0.6) is 0 Å². The quantitative estimate of drug-likeness (QED) is 0.0650. The van der Waals surface area contributed by atoms with Gasteiger partial charge in [-0.25, -0.2) is 4.85 Å². The predicted molar refractivity (Wildman–Crippen MR) is 280 cm³/mol. The minimum atomic E-state index is -1.21. The number of aliphatic carboxylic acids is 1. The van der Waals surface area contributed by atoms with E-state index >= 15 is 0 Å². The highest BCUT2D eigenvalue weighted by Gasteiger charge is 2.44. The molecule has 1 N–H and O–H groups in total. The Morgan fingerprint density at radius 1 is 0.545 bits per heavy atom. The maximum absolute atomic E-state index is 11.5. The number of benzene rings is 5. The van der Waals surface area contributed by atoms with Crippen LogP contribution in [-0.4, -0.2) is 11.1 Å². The second kappa shape index (κ2) is 19.5. The zero-order valence-electron chi connectivity index (χ0n) is 38.8. The average Bonchev–Trinajstić information content (AvgIpc) is 4.14. The monoisotopic (exact) mass is 904 g/mol. The van der Waals surface area contributed by atoms with Crippen molar-refractivity contribution in [3.8, 4) is 42.4 Å². The lowest BCUT2D eigenvalue weighted by atomic mass is 9.70. The van der Waals surface area contributed by atoms with Crippen molar-refractivity contribution in [2.24, 2.45) is 0 Å². The van der Waals surface area contributed by atoms with Gasteiger partial charge < -0.3 is 10.0 Å². The van der Waals surface area contributed by atoms with Crippen molar-refractivity contribution in [1.29, 1.82) is 0 Å². The minimum Gasteiger partial charge on any atom is -0.486 e. The second-order valence-electron chi connectivity index (χ2n) is 18.3. The Balaban J connectivity index is 1.17. The van der Waals surface area contributed by atoms with E-state index < -0.39 is 5.97 Å². The number of carbonyl (C=O) groups is 1. The molecule has 9 rings (SSSR count). The van der Waals surface area contributed by atoms with Crippen molar-refractivity contribution in [1.82, 2.24) is 0 Å². The zero-order chi connectivity index (χ0) is 45.8. The molecule has 0 bridgehead atoms. The molecule has 0 atom stereocenters. The van der Waals surface area contributed by atoms with E-state index in [4.69, 9.17) is 6.57 Å². The Kier molecular flexibility index (Phi) is 13.3. The van der Waals surface area contributed by atoms with Crippen LogP contribution < -0.4 is 4.90 Å². The molecule has 0 spiro atoms. The fraction of sp³-hybridized carbons (Fsp3) is 0.300. The van der Waals surface area contributed by atoms with Gasteiger partial charge in [0.1, 0.15) is 0 Å². The molecule has 5 aromatic carbocycles. The molecule has 66 heavy (non-hydrogen) atoms. The van der Waals surface area contributed by atoms with Crippen LogP contribution in [0.1, 0.15) is 132 Å². The van der Waals surface area contributed by atoms with E-state index in [2.05, 4.69) is 159 Å². The number of unbranched alkanes of at least 4 members (excludes halogenated alkanes) is 4. The van der Waals surface area contributed by atoms with E-state index in [1.165, 1.54) is 130 Å². The van der Waals surface area contributed by atoms with E-state index in [9.17, 15) is 9.90 Å². The summed E-state index contributed by atoms with van der Waals surface area (Å²) in [4.78, 5) is 21.3. The van der Waals surface area contributed by atoms with Gasteiger partial charge >= 0.3 is 5.97 Å². The summed E-state index contributed by atoms with van der Waals surface area (Å²) in [5.74, 6) is -1.21. The maximum atomic E-state index is 11.5. The van der Waals surface area contributed by atoms with Crippen molar-refractivity contribution in [2.45, 2.75) is 116 Å². The molecule has 0 aliphatic heterocycles. The molecular formula is C60H60N2O2S2. The predicted octanol–water partition coefficient (Wildman–Crippen LogP) is 18.3. The van der Waals surface area contributed by atoms with Gasteiger partial charge in [0.2, 0.25) is 0 Å². The van der Waals surface area contributed by atoms with Crippen molar-refractivity contribution in [3.63, 3.8) is 0 Å². The molecule has 0 radical (unpaired) electrons. The molecule has 0 unspecified atom stereocenters. The van der Waals surface area contributed by atoms with Crippen molar-refractivity contribution in [2.75, 3.05) is 4.90 Å². The molecular weight excluding hydrogens is 845 g/mol. The lowest BCUT2D eigenvalue weighted by Gasteiger charge is -2.35. The Labute approximate surface area is 400 Å². The molecule has 2 aliphatic rings. The standard InChI is InChI=1S/C60H60N2O2S2/c1-6-10-34-59(35-11-7-2)50-20-16-14-18-46(50)48-29-26-43(38-52(48)59)62(44-27-30-49-47-19-15-17-21-51(47)60(36-12-8-3,37-13-9-4)53(49)39-44)42-24-22-41(23-25-42)55-32-33-57(66-55)56-31-28-45(65-56)40-54(61-5)58(63)64/h14-33,38-40H,6-13,34-37H2,1-4H3,(H,63,64)/b54-40-. The normalized spacial score (nSPS) is 14.0. The van der Waals surface area contributed by atoms with Gasteiger partial charge in [-0.1, -0.05) is 152 Å². The Morgan fingerprint density at radius 3 is 1.47 bits per heavy atom. The van der Waals surface area contributed by atoms with Crippen molar-refractivity contribution >= 4 is 51.8 Å². The van der Waals surface area contributed by atoms with Gasteiger partial charge in [0.25, 0.3) is 5.70 Å². The smallest absolute Gasteiger partial charge is 0.333 e. The number of hydrogen-bond acceptors (Lipinski definition) is 4. The van der Waals surface area contributed by atoms with E-state index in [1.54, 1.807) is 11.3 Å². The number of carboxylic acid groups (broad SMARTS) is 1. The summed E-state index contributed by atoms with van der Waals surface area (Å²) >= 11 is 3.23. The number of thiophene rings is 2. The first-order valence-corrected chi connectivity index (χ1v) is 25.8. The van der Waals surface area contributed by atoms with Crippen LogP contribution in [0.3, 0.4) is 0 Å². The summed E-state index contributed by atoms with van der Waals surface area (Å²) in [6.45, 7) is 16.6. The number of hydrogen-bond donors (Lipinski definition) is 1. The third kappa shape index (κ3) is 8.16. The Hall–Kier alpha value is -6.00. The summed E-state index contributed by atoms with van der Waals surface area (Å²) in [7, 11) is 0. The van der Waals surface area contributed by atoms with Gasteiger partial charge in [-0.3, -0.25) is 4.79 Å². The molecule has 0 amide bonds. The molecule has 6 heteroatoms. The van der Waals surface area contributed by atoms with Crippen LogP contribution >= 0.6 is 22.7 Å². The highest BCUT2D eigenvalue weighted by molar-refractivity contribution is 7.24. The minimum absolute atomic E-state index is 0.0233. The van der Waals surface area contributed by atoms with Crippen LogP contribution in [0.2, 0.25) is 0 Å². The molecule has 0 fully saturated rings. The fourth-order valence-electron chi connectivity index (χ4n) is 11.1. The van der Waals surface area contributed by atoms with Gasteiger partial charge in [-0.2, -0.15) is 0 Å². The van der Waals surface area contributed by atoms with Gasteiger partial charge in [-0.15, -0.1) is 22.7 Å². The van der Waals surface area contributed by atoms with Crippen molar-refractivity contribution in [3.05, 3.63) is 178 Å². The Morgan fingerprint density at radius 2 is 0.985 bits per heavy atom. The SMILES string of the molecule is [C-]#[N+]/C(=C\c1ccc(-c2ccc(-c3ccc(N(c4ccc5c(c4)C(CCCC)(CCCC)c4ccccc4-5)c4ccc5c(c4)C(CCCC)(CCCC)c4ccccc4-5)cc3)s2)s1)C(=O)O. The largest absolute Gasteiger partial charge is 0.486 e. The zero-order valence-corrected chi connectivity index (χ0v) is 40.5.